The van der Waals surface area contributed by atoms with E-state index in [4.69, 9.17) is 0 Å². The Bertz CT molecular complexity index is 751. The largest absolute Gasteiger partial charge is 0.365 e. The average molecular weight is 303 g/mol. The van der Waals surface area contributed by atoms with Crippen LogP contribution >= 0.6 is 22.7 Å². The number of anilines is 1. The standard InChI is InChI=1S/C15H17N3S2/c1-8-5-12(19-10(8)3)6-16-14-13-9(2)11(4)20-15(13)18-7-17-14/h5,7H,6H2,1-4H3,(H,16,17,18). The predicted molar refractivity (Wildman–Crippen MR) is 88.0 cm³/mol. The van der Waals surface area contributed by atoms with Gasteiger partial charge < -0.3 is 5.32 Å². The molecule has 0 bridgehead atoms. The van der Waals surface area contributed by atoms with Crippen molar-refractivity contribution in [3.63, 3.8) is 0 Å². The van der Waals surface area contributed by atoms with Crippen molar-refractivity contribution in [3.05, 3.63) is 38.2 Å². The van der Waals surface area contributed by atoms with Crippen molar-refractivity contribution in [2.24, 2.45) is 0 Å². The number of hydrogen-bond donors (Lipinski definition) is 1. The summed E-state index contributed by atoms with van der Waals surface area (Å²) in [5.74, 6) is 0.945. The summed E-state index contributed by atoms with van der Waals surface area (Å²) in [5, 5.41) is 4.63. The van der Waals surface area contributed by atoms with E-state index in [0.29, 0.717) is 0 Å². The van der Waals surface area contributed by atoms with Crippen molar-refractivity contribution in [3.8, 4) is 0 Å². The lowest BCUT2D eigenvalue weighted by Gasteiger charge is -2.05. The summed E-state index contributed by atoms with van der Waals surface area (Å²) in [4.78, 5) is 13.9. The van der Waals surface area contributed by atoms with Gasteiger partial charge in [0.1, 0.15) is 17.0 Å². The van der Waals surface area contributed by atoms with Crippen molar-refractivity contribution in [1.82, 2.24) is 9.97 Å². The zero-order chi connectivity index (χ0) is 14.3. The average Bonchev–Trinajstić information content (AvgIpc) is 2.89. The third-order valence-corrected chi connectivity index (χ3v) is 5.88. The van der Waals surface area contributed by atoms with Crippen molar-refractivity contribution in [1.29, 1.82) is 0 Å². The van der Waals surface area contributed by atoms with E-state index >= 15 is 0 Å². The van der Waals surface area contributed by atoms with Crippen molar-refractivity contribution >= 4 is 38.7 Å². The van der Waals surface area contributed by atoms with Crippen LogP contribution in [0.5, 0.6) is 0 Å². The van der Waals surface area contributed by atoms with Gasteiger partial charge in [0.15, 0.2) is 0 Å². The SMILES string of the molecule is Cc1cc(CNc2ncnc3sc(C)c(C)c23)sc1C. The Hall–Kier alpha value is -1.46. The van der Waals surface area contributed by atoms with Crippen molar-refractivity contribution < 1.29 is 0 Å². The summed E-state index contributed by atoms with van der Waals surface area (Å²) in [7, 11) is 0. The highest BCUT2D eigenvalue weighted by Gasteiger charge is 2.12. The fourth-order valence-electron chi connectivity index (χ4n) is 2.22. The summed E-state index contributed by atoms with van der Waals surface area (Å²) < 4.78 is 0. The van der Waals surface area contributed by atoms with Gasteiger partial charge >= 0.3 is 0 Å². The van der Waals surface area contributed by atoms with Crippen molar-refractivity contribution in [2.75, 3.05) is 5.32 Å². The monoisotopic (exact) mass is 303 g/mol. The molecule has 3 aromatic rings. The molecule has 0 atom stereocenters. The number of rotatable bonds is 3. The zero-order valence-corrected chi connectivity index (χ0v) is 13.7. The van der Waals surface area contributed by atoms with Gasteiger partial charge in [-0.15, -0.1) is 22.7 Å². The molecule has 1 N–H and O–H groups in total. The van der Waals surface area contributed by atoms with Crippen LogP contribution in [-0.4, -0.2) is 9.97 Å². The van der Waals surface area contributed by atoms with E-state index < -0.39 is 0 Å². The lowest BCUT2D eigenvalue weighted by Crippen LogP contribution is -2.01. The molecule has 0 fully saturated rings. The van der Waals surface area contributed by atoms with Crippen LogP contribution in [-0.2, 0) is 6.54 Å². The number of nitrogens with one attached hydrogen (secondary N) is 1. The fourth-order valence-corrected chi connectivity index (χ4v) is 4.21. The molecule has 0 aliphatic heterocycles. The maximum absolute atomic E-state index is 4.41. The van der Waals surface area contributed by atoms with Gasteiger partial charge in [0.05, 0.1) is 11.9 Å². The van der Waals surface area contributed by atoms with E-state index in [2.05, 4.69) is 49.0 Å². The van der Waals surface area contributed by atoms with E-state index in [1.807, 2.05) is 11.3 Å². The van der Waals surface area contributed by atoms with Gasteiger partial charge in [0.2, 0.25) is 0 Å². The number of nitrogens with zero attached hydrogens (tertiary/aromatic N) is 2. The molecule has 3 rings (SSSR count). The van der Waals surface area contributed by atoms with Crippen LogP contribution in [0.15, 0.2) is 12.4 Å². The Morgan fingerprint density at radius 3 is 2.55 bits per heavy atom. The summed E-state index contributed by atoms with van der Waals surface area (Å²) in [6.07, 6.45) is 1.64. The van der Waals surface area contributed by atoms with Crippen LogP contribution in [0.1, 0.15) is 25.8 Å². The minimum atomic E-state index is 0.819. The molecule has 3 nitrogen and oxygen atoms in total. The Kier molecular flexibility index (Phi) is 3.48. The van der Waals surface area contributed by atoms with Crippen LogP contribution in [0.3, 0.4) is 0 Å². The number of aromatic nitrogens is 2. The first kappa shape index (κ1) is 13.5. The number of fused-ring (bicyclic) bond motifs is 1. The minimum Gasteiger partial charge on any atom is -0.365 e. The van der Waals surface area contributed by atoms with Gasteiger partial charge in [-0.25, -0.2) is 9.97 Å². The molecule has 0 spiro atoms. The quantitative estimate of drug-likeness (QED) is 0.768. The van der Waals surface area contributed by atoms with Gasteiger partial charge in [0, 0.05) is 14.6 Å². The predicted octanol–water partition coefficient (Wildman–Crippen LogP) is 4.60. The highest BCUT2D eigenvalue weighted by atomic mass is 32.1. The molecule has 5 heteroatoms. The maximum Gasteiger partial charge on any atom is 0.138 e. The zero-order valence-electron chi connectivity index (χ0n) is 12.1. The summed E-state index contributed by atoms with van der Waals surface area (Å²) in [6.45, 7) is 9.42. The van der Waals surface area contributed by atoms with Crippen LogP contribution in [0, 0.1) is 27.7 Å². The second-order valence-electron chi connectivity index (χ2n) is 4.99. The van der Waals surface area contributed by atoms with E-state index in [1.165, 1.54) is 31.1 Å². The highest BCUT2D eigenvalue weighted by molar-refractivity contribution is 7.18. The molecule has 3 heterocycles. The number of aryl methyl sites for hydroxylation is 4. The molecule has 3 aromatic heterocycles. The molecule has 0 radical (unpaired) electrons. The molecule has 0 aromatic carbocycles. The fraction of sp³-hybridized carbons (Fsp3) is 0.333. The van der Waals surface area contributed by atoms with E-state index in [1.54, 1.807) is 17.7 Å². The van der Waals surface area contributed by atoms with Gasteiger partial charge in [0.25, 0.3) is 0 Å². The van der Waals surface area contributed by atoms with Crippen molar-refractivity contribution in [2.45, 2.75) is 34.2 Å². The number of thiophene rings is 2. The lowest BCUT2D eigenvalue weighted by atomic mass is 10.2. The Balaban J connectivity index is 1.91. The molecule has 20 heavy (non-hydrogen) atoms. The molecule has 0 unspecified atom stereocenters. The molecule has 0 aliphatic carbocycles. The molecule has 104 valence electrons. The lowest BCUT2D eigenvalue weighted by molar-refractivity contribution is 1.13. The summed E-state index contributed by atoms with van der Waals surface area (Å²) in [5.41, 5.74) is 2.65. The normalized spacial score (nSPS) is 11.2. The molecule has 0 aliphatic rings. The third kappa shape index (κ3) is 2.31. The van der Waals surface area contributed by atoms with Gasteiger partial charge in [-0.05, 0) is 44.9 Å². The Morgan fingerprint density at radius 2 is 1.85 bits per heavy atom. The van der Waals surface area contributed by atoms with Crippen LogP contribution in [0.4, 0.5) is 5.82 Å². The number of hydrogen-bond acceptors (Lipinski definition) is 5. The van der Waals surface area contributed by atoms with Crippen LogP contribution in [0.25, 0.3) is 10.2 Å². The van der Waals surface area contributed by atoms with Gasteiger partial charge in [-0.2, -0.15) is 0 Å². The Labute approximate surface area is 126 Å². The molecule has 0 saturated carbocycles. The topological polar surface area (TPSA) is 37.8 Å². The maximum atomic E-state index is 4.41. The van der Waals surface area contributed by atoms with E-state index in [0.717, 1.165) is 17.2 Å². The first-order valence-corrected chi connectivity index (χ1v) is 8.20. The molecule has 0 amide bonds. The minimum absolute atomic E-state index is 0.819. The van der Waals surface area contributed by atoms with E-state index in [9.17, 15) is 0 Å². The van der Waals surface area contributed by atoms with Gasteiger partial charge in [-0.3, -0.25) is 0 Å². The molecular formula is C15H17N3S2. The summed E-state index contributed by atoms with van der Waals surface area (Å²) >= 11 is 3.58. The first-order chi connectivity index (χ1) is 9.56. The van der Waals surface area contributed by atoms with E-state index in [-0.39, 0.29) is 0 Å². The summed E-state index contributed by atoms with van der Waals surface area (Å²) in [6, 6.07) is 2.25. The van der Waals surface area contributed by atoms with Crippen LogP contribution in [0.2, 0.25) is 0 Å². The first-order valence-electron chi connectivity index (χ1n) is 6.56. The highest BCUT2D eigenvalue weighted by Crippen LogP contribution is 2.32. The van der Waals surface area contributed by atoms with Gasteiger partial charge in [-0.1, -0.05) is 0 Å². The third-order valence-electron chi connectivity index (χ3n) is 3.61. The Morgan fingerprint density at radius 1 is 1.05 bits per heavy atom. The second-order valence-corrected chi connectivity index (χ2v) is 7.54. The second kappa shape index (κ2) is 5.14. The molecule has 0 saturated heterocycles. The molecular weight excluding hydrogens is 286 g/mol. The van der Waals surface area contributed by atoms with Crippen LogP contribution < -0.4 is 5.32 Å². The smallest absolute Gasteiger partial charge is 0.138 e.